The van der Waals surface area contributed by atoms with Crippen molar-refractivity contribution in [1.82, 2.24) is 4.90 Å². The number of aryl methyl sites for hydroxylation is 1. The van der Waals surface area contributed by atoms with Crippen LogP contribution in [0.2, 0.25) is 0 Å². The molecule has 1 unspecified atom stereocenters. The van der Waals surface area contributed by atoms with E-state index >= 15 is 0 Å². The second-order valence-electron chi connectivity index (χ2n) is 8.50. The fraction of sp³-hybridized carbons (Fsp3) is 0.241. The van der Waals surface area contributed by atoms with Gasteiger partial charge in [-0.05, 0) is 60.0 Å². The molecule has 1 saturated heterocycles. The summed E-state index contributed by atoms with van der Waals surface area (Å²) in [6.45, 7) is 2.91. The Balaban J connectivity index is 1.64. The number of aliphatic hydroxyl groups excluding tert-OH is 1. The minimum atomic E-state index is -0.747. The highest BCUT2D eigenvalue weighted by Crippen LogP contribution is 2.39. The van der Waals surface area contributed by atoms with E-state index in [-0.39, 0.29) is 24.5 Å². The maximum atomic E-state index is 13.1. The number of aliphatic hydroxyl groups is 1. The summed E-state index contributed by atoms with van der Waals surface area (Å²) in [5.41, 5.74) is 3.37. The van der Waals surface area contributed by atoms with Crippen molar-refractivity contribution in [3.05, 3.63) is 101 Å². The molecule has 3 aromatic carbocycles. The van der Waals surface area contributed by atoms with Crippen molar-refractivity contribution in [2.75, 3.05) is 27.4 Å². The zero-order valence-electron chi connectivity index (χ0n) is 20.6. The Morgan fingerprint density at radius 2 is 1.58 bits per heavy atom. The number of hydrogen-bond acceptors (Lipinski definition) is 6. The van der Waals surface area contributed by atoms with Crippen LogP contribution >= 0.6 is 0 Å². The van der Waals surface area contributed by atoms with E-state index in [0.717, 1.165) is 11.1 Å². The van der Waals surface area contributed by atoms with Crippen LogP contribution in [0.4, 0.5) is 0 Å². The summed E-state index contributed by atoms with van der Waals surface area (Å²) in [5.74, 6) is -0.368. The molecule has 0 spiro atoms. The third-order valence-electron chi connectivity index (χ3n) is 6.29. The van der Waals surface area contributed by atoms with Crippen LogP contribution in [0, 0.1) is 6.92 Å². The van der Waals surface area contributed by atoms with E-state index < -0.39 is 17.7 Å². The number of methoxy groups -OCH3 is 2. The Morgan fingerprint density at radius 3 is 2.22 bits per heavy atom. The van der Waals surface area contributed by atoms with Gasteiger partial charge in [0.05, 0.1) is 25.3 Å². The number of nitrogens with zero attached hydrogens (tertiary/aromatic N) is 1. The van der Waals surface area contributed by atoms with Gasteiger partial charge in [0.2, 0.25) is 0 Å². The van der Waals surface area contributed by atoms with E-state index in [9.17, 15) is 14.7 Å². The Labute approximate surface area is 210 Å². The van der Waals surface area contributed by atoms with Gasteiger partial charge in [-0.3, -0.25) is 9.59 Å². The van der Waals surface area contributed by atoms with Crippen molar-refractivity contribution in [2.45, 2.75) is 19.6 Å². The molecular weight excluding hydrogens is 458 g/mol. The first-order valence-electron chi connectivity index (χ1n) is 11.6. The van der Waals surface area contributed by atoms with E-state index in [1.807, 2.05) is 31.2 Å². The Bertz CT molecular complexity index is 1260. The highest BCUT2D eigenvalue weighted by Gasteiger charge is 2.45. The molecule has 1 amide bonds. The summed E-state index contributed by atoms with van der Waals surface area (Å²) in [5, 5.41) is 11.2. The molecule has 1 N–H and O–H groups in total. The summed E-state index contributed by atoms with van der Waals surface area (Å²) in [7, 11) is 3.09. The predicted molar refractivity (Wildman–Crippen MR) is 136 cm³/mol. The summed E-state index contributed by atoms with van der Waals surface area (Å²) < 4.78 is 16.3. The van der Waals surface area contributed by atoms with E-state index in [4.69, 9.17) is 14.2 Å². The number of ketones is 1. The molecule has 0 saturated carbocycles. The molecular formula is C29H29NO6. The molecule has 0 bridgehead atoms. The molecule has 0 radical (unpaired) electrons. The third kappa shape index (κ3) is 5.11. The fourth-order valence-corrected chi connectivity index (χ4v) is 4.23. The number of ether oxygens (including phenoxy) is 3. The van der Waals surface area contributed by atoms with Crippen LogP contribution in [0.3, 0.4) is 0 Å². The first-order chi connectivity index (χ1) is 17.4. The molecule has 0 aromatic heterocycles. The first-order valence-corrected chi connectivity index (χ1v) is 11.6. The summed E-state index contributed by atoms with van der Waals surface area (Å²) in [6, 6.07) is 21.1. The van der Waals surface area contributed by atoms with E-state index in [0.29, 0.717) is 29.2 Å². The van der Waals surface area contributed by atoms with Crippen molar-refractivity contribution < 1.29 is 28.9 Å². The largest absolute Gasteiger partial charge is 0.507 e. The lowest BCUT2D eigenvalue weighted by molar-refractivity contribution is -0.140. The average molecular weight is 488 g/mol. The van der Waals surface area contributed by atoms with Crippen molar-refractivity contribution in [3.63, 3.8) is 0 Å². The minimum absolute atomic E-state index is 0.0369. The third-order valence-corrected chi connectivity index (χ3v) is 6.29. The molecule has 1 aliphatic rings. The zero-order valence-corrected chi connectivity index (χ0v) is 20.6. The molecule has 1 atom stereocenters. The molecule has 1 heterocycles. The molecule has 1 fully saturated rings. The van der Waals surface area contributed by atoms with Gasteiger partial charge < -0.3 is 24.2 Å². The SMILES string of the molecule is COCCN1C(=O)C(=O)C(=C(O)c2ccc(OCc3ccccc3C)cc2)C1c1ccc(OC)cc1. The number of carbonyl (C=O) groups is 2. The number of amides is 1. The topological polar surface area (TPSA) is 85.3 Å². The van der Waals surface area contributed by atoms with E-state index in [1.54, 1.807) is 55.6 Å². The maximum absolute atomic E-state index is 13.1. The molecule has 3 aromatic rings. The second kappa shape index (κ2) is 11.1. The number of likely N-dealkylation sites (tertiary alicyclic amines) is 1. The summed E-state index contributed by atoms with van der Waals surface area (Å²) in [4.78, 5) is 27.4. The van der Waals surface area contributed by atoms with Crippen LogP contribution in [0.15, 0.2) is 78.4 Å². The quantitative estimate of drug-likeness (QED) is 0.269. The number of Topliss-reactive ketones (excluding diaryl/α,β-unsaturated/α-hetero) is 1. The summed E-state index contributed by atoms with van der Waals surface area (Å²) >= 11 is 0. The molecule has 0 aliphatic carbocycles. The van der Waals surface area contributed by atoms with Gasteiger partial charge in [0.15, 0.2) is 0 Å². The average Bonchev–Trinajstić information content (AvgIpc) is 3.16. The minimum Gasteiger partial charge on any atom is -0.507 e. The normalized spacial score (nSPS) is 16.9. The van der Waals surface area contributed by atoms with Gasteiger partial charge in [0.25, 0.3) is 11.7 Å². The van der Waals surface area contributed by atoms with Gasteiger partial charge in [0.1, 0.15) is 23.9 Å². The van der Waals surface area contributed by atoms with Gasteiger partial charge in [-0.2, -0.15) is 0 Å². The Kier molecular flexibility index (Phi) is 7.71. The molecule has 4 rings (SSSR count). The maximum Gasteiger partial charge on any atom is 0.295 e. The molecule has 7 nitrogen and oxygen atoms in total. The van der Waals surface area contributed by atoms with Crippen molar-refractivity contribution in [1.29, 1.82) is 0 Å². The monoisotopic (exact) mass is 487 g/mol. The zero-order chi connectivity index (χ0) is 25.7. The van der Waals surface area contributed by atoms with Gasteiger partial charge >= 0.3 is 0 Å². The van der Waals surface area contributed by atoms with Crippen LogP contribution in [-0.2, 0) is 20.9 Å². The van der Waals surface area contributed by atoms with Crippen LogP contribution in [-0.4, -0.2) is 49.1 Å². The summed E-state index contributed by atoms with van der Waals surface area (Å²) in [6.07, 6.45) is 0. The van der Waals surface area contributed by atoms with Crippen LogP contribution < -0.4 is 9.47 Å². The Hall–Kier alpha value is -4.10. The fourth-order valence-electron chi connectivity index (χ4n) is 4.23. The van der Waals surface area contributed by atoms with E-state index in [1.165, 1.54) is 12.0 Å². The van der Waals surface area contributed by atoms with Crippen molar-refractivity contribution >= 4 is 17.4 Å². The van der Waals surface area contributed by atoms with Gasteiger partial charge in [-0.25, -0.2) is 0 Å². The number of hydrogen-bond donors (Lipinski definition) is 1. The van der Waals surface area contributed by atoms with Gasteiger partial charge in [0, 0.05) is 19.2 Å². The molecule has 186 valence electrons. The lowest BCUT2D eigenvalue weighted by Crippen LogP contribution is -2.32. The van der Waals surface area contributed by atoms with Crippen molar-refractivity contribution in [3.8, 4) is 11.5 Å². The standard InChI is InChI=1S/C29H29NO6/c1-19-6-4-5-7-22(19)18-36-24-14-10-21(11-15-24)27(31)25-26(20-8-12-23(35-3)13-9-20)30(16-17-34-2)29(33)28(25)32/h4-15,26,31H,16-18H2,1-3H3. The number of benzene rings is 3. The van der Waals surface area contributed by atoms with E-state index in [2.05, 4.69) is 0 Å². The molecule has 7 heteroatoms. The second-order valence-corrected chi connectivity index (χ2v) is 8.50. The van der Waals surface area contributed by atoms with Crippen LogP contribution in [0.1, 0.15) is 28.3 Å². The number of carbonyl (C=O) groups excluding carboxylic acids is 2. The van der Waals surface area contributed by atoms with Crippen molar-refractivity contribution in [2.24, 2.45) is 0 Å². The van der Waals surface area contributed by atoms with Crippen LogP contribution in [0.25, 0.3) is 5.76 Å². The molecule has 1 aliphatic heterocycles. The smallest absolute Gasteiger partial charge is 0.295 e. The van der Waals surface area contributed by atoms with Crippen LogP contribution in [0.5, 0.6) is 11.5 Å². The predicted octanol–water partition coefficient (Wildman–Crippen LogP) is 4.65. The lowest BCUT2D eigenvalue weighted by atomic mass is 9.95. The highest BCUT2D eigenvalue weighted by molar-refractivity contribution is 6.46. The molecule has 36 heavy (non-hydrogen) atoms. The first kappa shape index (κ1) is 25.0. The lowest BCUT2D eigenvalue weighted by Gasteiger charge is -2.25. The highest BCUT2D eigenvalue weighted by atomic mass is 16.5. The Morgan fingerprint density at radius 1 is 0.917 bits per heavy atom. The van der Waals surface area contributed by atoms with Gasteiger partial charge in [-0.15, -0.1) is 0 Å². The number of rotatable bonds is 9. The van der Waals surface area contributed by atoms with Gasteiger partial charge in [-0.1, -0.05) is 36.4 Å².